The normalized spacial score (nSPS) is 19.8. The molecule has 0 saturated carbocycles. The summed E-state index contributed by atoms with van der Waals surface area (Å²) in [6.07, 6.45) is 1.74. The molecule has 0 unspecified atom stereocenters. The van der Waals surface area contributed by atoms with Gasteiger partial charge in [0.2, 0.25) is 6.79 Å². The van der Waals surface area contributed by atoms with E-state index in [-0.39, 0.29) is 25.0 Å². The number of benzene rings is 2. The quantitative estimate of drug-likeness (QED) is 0.675. The number of halogens is 2. The summed E-state index contributed by atoms with van der Waals surface area (Å²) in [6.45, 7) is 2.74. The molecule has 10 heteroatoms. The Labute approximate surface area is 181 Å². The smallest absolute Gasteiger partial charge is 0.261 e. The number of rotatable bonds is 4. The molecule has 1 fully saturated rings. The van der Waals surface area contributed by atoms with Gasteiger partial charge in [-0.05, 0) is 48.7 Å². The zero-order valence-electron chi connectivity index (χ0n) is 16.4. The molecule has 0 bridgehead atoms. The Balaban J connectivity index is 0.000000482. The van der Waals surface area contributed by atoms with Crippen LogP contribution in [0, 0.1) is 11.7 Å². The van der Waals surface area contributed by atoms with Gasteiger partial charge in [-0.3, -0.25) is 4.55 Å². The van der Waals surface area contributed by atoms with Crippen molar-refractivity contribution in [2.24, 2.45) is 5.92 Å². The summed E-state index contributed by atoms with van der Waals surface area (Å²) in [4.78, 5) is 0. The molecule has 2 atom stereocenters. The van der Waals surface area contributed by atoms with Gasteiger partial charge in [0.15, 0.2) is 11.5 Å². The van der Waals surface area contributed by atoms with Gasteiger partial charge < -0.3 is 19.5 Å². The molecule has 0 radical (unpaired) electrons. The maximum Gasteiger partial charge on any atom is 0.261 e. The van der Waals surface area contributed by atoms with Crippen LogP contribution in [0.15, 0.2) is 42.5 Å². The monoisotopic (exact) mass is 461 g/mol. The van der Waals surface area contributed by atoms with Crippen LogP contribution in [0.1, 0.15) is 17.9 Å². The molecule has 0 aliphatic carbocycles. The fourth-order valence-corrected chi connectivity index (χ4v) is 3.42. The Hall–Kier alpha value is -2.07. The van der Waals surface area contributed by atoms with Gasteiger partial charge in [-0.25, -0.2) is 4.39 Å². The Kier molecular flexibility index (Phi) is 8.72. The van der Waals surface area contributed by atoms with E-state index in [0.29, 0.717) is 24.7 Å². The summed E-state index contributed by atoms with van der Waals surface area (Å²) in [7, 11) is -3.67. The molecular formula is C20H25ClFNO6S. The van der Waals surface area contributed by atoms with Crippen LogP contribution in [0.4, 0.5) is 4.39 Å². The van der Waals surface area contributed by atoms with E-state index in [2.05, 4.69) is 5.32 Å². The van der Waals surface area contributed by atoms with E-state index >= 15 is 0 Å². The molecule has 30 heavy (non-hydrogen) atoms. The van der Waals surface area contributed by atoms with Crippen molar-refractivity contribution in [1.29, 1.82) is 0 Å². The molecule has 0 amide bonds. The highest BCUT2D eigenvalue weighted by Gasteiger charge is 2.27. The zero-order valence-corrected chi connectivity index (χ0v) is 18.0. The van der Waals surface area contributed by atoms with Crippen LogP contribution in [-0.2, 0) is 10.1 Å². The van der Waals surface area contributed by atoms with E-state index < -0.39 is 10.1 Å². The van der Waals surface area contributed by atoms with E-state index in [4.69, 9.17) is 18.8 Å². The van der Waals surface area contributed by atoms with Crippen LogP contribution in [0.3, 0.4) is 0 Å². The minimum Gasteiger partial charge on any atom is -0.493 e. The minimum absolute atomic E-state index is 0. The number of nitrogens with one attached hydrogen (secondary N) is 1. The van der Waals surface area contributed by atoms with Gasteiger partial charge in [-0.1, -0.05) is 12.1 Å². The van der Waals surface area contributed by atoms with Crippen LogP contribution in [0.25, 0.3) is 0 Å². The number of fused-ring (bicyclic) bond motifs is 1. The molecule has 1 saturated heterocycles. The van der Waals surface area contributed by atoms with E-state index in [0.717, 1.165) is 36.8 Å². The largest absolute Gasteiger partial charge is 0.493 e. The lowest BCUT2D eigenvalue weighted by molar-refractivity contribution is 0.173. The van der Waals surface area contributed by atoms with Crippen LogP contribution in [0.5, 0.6) is 17.2 Å². The van der Waals surface area contributed by atoms with Crippen molar-refractivity contribution in [1.82, 2.24) is 5.32 Å². The van der Waals surface area contributed by atoms with Crippen LogP contribution < -0.4 is 19.5 Å². The third-order valence-electron chi connectivity index (χ3n) is 4.71. The van der Waals surface area contributed by atoms with Crippen molar-refractivity contribution in [2.75, 3.05) is 32.7 Å². The number of hydrogen-bond acceptors (Lipinski definition) is 6. The fraction of sp³-hybridized carbons (Fsp3) is 0.400. The Morgan fingerprint density at radius 3 is 2.53 bits per heavy atom. The van der Waals surface area contributed by atoms with Gasteiger partial charge >= 0.3 is 0 Å². The molecule has 7 nitrogen and oxygen atoms in total. The second-order valence-electron chi connectivity index (χ2n) is 6.97. The number of piperidine rings is 1. The second-order valence-corrected chi connectivity index (χ2v) is 8.44. The summed E-state index contributed by atoms with van der Waals surface area (Å²) >= 11 is 0. The Morgan fingerprint density at radius 1 is 1.17 bits per heavy atom. The first kappa shape index (κ1) is 24.2. The summed E-state index contributed by atoms with van der Waals surface area (Å²) in [6, 6.07) is 12.5. The minimum atomic E-state index is -3.67. The highest BCUT2D eigenvalue weighted by Crippen LogP contribution is 2.36. The molecule has 2 aliphatic rings. The van der Waals surface area contributed by atoms with Crippen molar-refractivity contribution in [2.45, 2.75) is 12.3 Å². The number of ether oxygens (including phenoxy) is 3. The molecule has 2 N–H and O–H groups in total. The van der Waals surface area contributed by atoms with Gasteiger partial charge in [0.25, 0.3) is 10.1 Å². The second kappa shape index (κ2) is 10.8. The lowest BCUT2D eigenvalue weighted by Gasteiger charge is -2.32. The summed E-state index contributed by atoms with van der Waals surface area (Å²) in [5, 5.41) is 3.43. The van der Waals surface area contributed by atoms with Gasteiger partial charge in [0.05, 0.1) is 12.9 Å². The van der Waals surface area contributed by atoms with E-state index in [1.807, 2.05) is 30.3 Å². The lowest BCUT2D eigenvalue weighted by Crippen LogP contribution is -2.38. The molecule has 0 aromatic heterocycles. The highest BCUT2D eigenvalue weighted by molar-refractivity contribution is 7.85. The molecule has 2 aromatic carbocycles. The Bertz CT molecular complexity index is 917. The van der Waals surface area contributed by atoms with E-state index in [1.165, 1.54) is 17.7 Å². The molecule has 2 heterocycles. The number of hydrogen-bond donors (Lipinski definition) is 2. The third kappa shape index (κ3) is 7.32. The first-order valence-electron chi connectivity index (χ1n) is 9.20. The first-order valence-corrected chi connectivity index (χ1v) is 11.1. The fourth-order valence-electron chi connectivity index (χ4n) is 3.42. The maximum absolute atomic E-state index is 13.2. The average Bonchev–Trinajstić information content (AvgIpc) is 3.14. The highest BCUT2D eigenvalue weighted by atomic mass is 35.5. The van der Waals surface area contributed by atoms with Crippen LogP contribution >= 0.6 is 12.4 Å². The van der Waals surface area contributed by atoms with Crippen molar-refractivity contribution in [3.05, 3.63) is 53.8 Å². The SMILES string of the molecule is CS(=O)(=O)O.Cl.Fc1ccc([C@@H]2CCNC[C@H]2COc2ccc3c(c2)OCO3)cc1. The van der Waals surface area contributed by atoms with Crippen molar-refractivity contribution in [3.8, 4) is 17.2 Å². The maximum atomic E-state index is 13.2. The zero-order chi connectivity index (χ0) is 20.9. The molecule has 0 spiro atoms. The molecule has 4 rings (SSSR count). The summed E-state index contributed by atoms with van der Waals surface area (Å²) in [5.74, 6) is 2.79. The first-order chi connectivity index (χ1) is 13.8. The van der Waals surface area contributed by atoms with Gasteiger partial charge in [0.1, 0.15) is 11.6 Å². The van der Waals surface area contributed by atoms with Crippen molar-refractivity contribution >= 4 is 22.5 Å². The Morgan fingerprint density at radius 2 is 1.83 bits per heavy atom. The van der Waals surface area contributed by atoms with E-state index in [9.17, 15) is 12.8 Å². The predicted molar refractivity (Wildman–Crippen MR) is 113 cm³/mol. The molecule has 2 aliphatic heterocycles. The summed E-state index contributed by atoms with van der Waals surface area (Å²) in [5.41, 5.74) is 1.18. The standard InChI is InChI=1S/C19H20FNO3.CH4O3S.ClH/c20-15-3-1-13(2-4-15)17-7-8-21-10-14(17)11-22-16-5-6-18-19(9-16)24-12-23-18;1-5(2,3)4;/h1-6,9,14,17,21H,7-8,10-12H2;1H3,(H,2,3,4);1H/t14-,17-;;/m0../s1. The van der Waals surface area contributed by atoms with Crippen molar-refractivity contribution in [3.63, 3.8) is 0 Å². The summed E-state index contributed by atoms with van der Waals surface area (Å²) < 4.78 is 55.7. The molecule has 2 aromatic rings. The van der Waals surface area contributed by atoms with Gasteiger partial charge in [-0.15, -0.1) is 12.4 Å². The van der Waals surface area contributed by atoms with Gasteiger partial charge in [-0.2, -0.15) is 8.42 Å². The molecular weight excluding hydrogens is 437 g/mol. The lowest BCUT2D eigenvalue weighted by atomic mass is 9.81. The van der Waals surface area contributed by atoms with Crippen molar-refractivity contribution < 1.29 is 31.6 Å². The predicted octanol–water partition coefficient (Wildman–Crippen LogP) is 3.25. The molecule has 166 valence electrons. The van der Waals surface area contributed by atoms with Crippen LogP contribution in [0.2, 0.25) is 0 Å². The topological polar surface area (TPSA) is 94.1 Å². The third-order valence-corrected chi connectivity index (χ3v) is 4.71. The van der Waals surface area contributed by atoms with E-state index in [1.54, 1.807) is 0 Å². The van der Waals surface area contributed by atoms with Gasteiger partial charge in [0, 0.05) is 18.5 Å². The van der Waals surface area contributed by atoms with Crippen LogP contribution in [-0.4, -0.2) is 45.7 Å². The average molecular weight is 462 g/mol.